The van der Waals surface area contributed by atoms with Crippen molar-refractivity contribution in [1.29, 1.82) is 0 Å². The van der Waals surface area contributed by atoms with Crippen LogP contribution in [0.3, 0.4) is 0 Å². The summed E-state index contributed by atoms with van der Waals surface area (Å²) in [7, 11) is 0. The van der Waals surface area contributed by atoms with Crippen molar-refractivity contribution in [3.8, 4) is 5.75 Å². The van der Waals surface area contributed by atoms with E-state index in [4.69, 9.17) is 15.2 Å². The number of anilines is 1. The van der Waals surface area contributed by atoms with Gasteiger partial charge in [0, 0.05) is 12.3 Å². The van der Waals surface area contributed by atoms with Gasteiger partial charge in [-0.05, 0) is 30.7 Å². The number of ether oxygens (including phenoxy) is 2. The molecule has 1 atom stereocenters. The zero-order valence-electron chi connectivity index (χ0n) is 9.52. The Hall–Kier alpha value is -1.75. The van der Waals surface area contributed by atoms with Crippen LogP contribution in [-0.4, -0.2) is 31.8 Å². The summed E-state index contributed by atoms with van der Waals surface area (Å²) >= 11 is 0. The van der Waals surface area contributed by atoms with Crippen LogP contribution in [0, 0.1) is 0 Å². The summed E-state index contributed by atoms with van der Waals surface area (Å²) in [5.41, 5.74) is 6.21. The molecular formula is C12H16N2O3. The van der Waals surface area contributed by atoms with Gasteiger partial charge in [0.15, 0.2) is 6.61 Å². The van der Waals surface area contributed by atoms with Crippen LogP contribution in [0.25, 0.3) is 0 Å². The molecule has 1 aliphatic rings. The van der Waals surface area contributed by atoms with Gasteiger partial charge >= 0.3 is 0 Å². The molecule has 17 heavy (non-hydrogen) atoms. The number of hydrogen-bond donors (Lipinski definition) is 2. The molecule has 1 fully saturated rings. The summed E-state index contributed by atoms with van der Waals surface area (Å²) in [5, 5.41) is 2.85. The van der Waals surface area contributed by atoms with Gasteiger partial charge in [-0.1, -0.05) is 0 Å². The maximum absolute atomic E-state index is 11.5. The highest BCUT2D eigenvalue weighted by atomic mass is 16.5. The Morgan fingerprint density at radius 3 is 2.88 bits per heavy atom. The van der Waals surface area contributed by atoms with Gasteiger partial charge in [-0.25, -0.2) is 0 Å². The van der Waals surface area contributed by atoms with E-state index in [-0.39, 0.29) is 18.6 Å². The van der Waals surface area contributed by atoms with E-state index in [0.29, 0.717) is 24.7 Å². The number of rotatable bonds is 4. The van der Waals surface area contributed by atoms with Gasteiger partial charge in [-0.3, -0.25) is 4.79 Å². The van der Waals surface area contributed by atoms with Crippen LogP contribution in [0.1, 0.15) is 6.42 Å². The van der Waals surface area contributed by atoms with Crippen molar-refractivity contribution in [3.05, 3.63) is 24.3 Å². The van der Waals surface area contributed by atoms with Crippen molar-refractivity contribution in [2.45, 2.75) is 12.5 Å². The maximum atomic E-state index is 11.5. The molecule has 0 aromatic heterocycles. The first kappa shape index (κ1) is 11.7. The summed E-state index contributed by atoms with van der Waals surface area (Å²) in [6.45, 7) is 1.32. The van der Waals surface area contributed by atoms with Crippen LogP contribution < -0.4 is 15.8 Å². The number of hydrogen-bond acceptors (Lipinski definition) is 4. The third-order valence-corrected chi connectivity index (χ3v) is 2.54. The van der Waals surface area contributed by atoms with Crippen LogP contribution >= 0.6 is 0 Å². The molecule has 5 heteroatoms. The molecule has 0 saturated carbocycles. The fourth-order valence-corrected chi connectivity index (χ4v) is 1.63. The standard InChI is InChI=1S/C12H16N2O3/c13-9-1-3-11(4-2-9)17-8-12(15)14-10-5-6-16-7-10/h1-4,10H,5-8,13H2,(H,14,15). The number of carbonyl (C=O) groups excluding carboxylic acids is 1. The smallest absolute Gasteiger partial charge is 0.258 e. The topological polar surface area (TPSA) is 73.6 Å². The fourth-order valence-electron chi connectivity index (χ4n) is 1.63. The van der Waals surface area contributed by atoms with Gasteiger partial charge < -0.3 is 20.5 Å². The molecule has 0 aliphatic carbocycles. The van der Waals surface area contributed by atoms with E-state index in [9.17, 15) is 4.79 Å². The molecule has 0 spiro atoms. The first-order valence-corrected chi connectivity index (χ1v) is 5.59. The van der Waals surface area contributed by atoms with Crippen molar-refractivity contribution in [2.75, 3.05) is 25.6 Å². The summed E-state index contributed by atoms with van der Waals surface area (Å²) < 4.78 is 10.5. The minimum atomic E-state index is -0.127. The highest BCUT2D eigenvalue weighted by Gasteiger charge is 2.17. The number of amides is 1. The van der Waals surface area contributed by atoms with E-state index in [1.165, 1.54) is 0 Å². The second-order valence-corrected chi connectivity index (χ2v) is 3.99. The Kier molecular flexibility index (Phi) is 3.82. The zero-order chi connectivity index (χ0) is 12.1. The number of nitrogens with two attached hydrogens (primary N) is 1. The first-order chi connectivity index (χ1) is 8.24. The normalized spacial score (nSPS) is 18.9. The number of benzene rings is 1. The van der Waals surface area contributed by atoms with Crippen molar-refractivity contribution < 1.29 is 14.3 Å². The number of nitrogen functional groups attached to an aromatic ring is 1. The van der Waals surface area contributed by atoms with Crippen molar-refractivity contribution >= 4 is 11.6 Å². The Bertz CT molecular complexity index is 372. The highest BCUT2D eigenvalue weighted by Crippen LogP contribution is 2.12. The Morgan fingerprint density at radius 2 is 2.24 bits per heavy atom. The minimum absolute atomic E-state index is 0.0143. The molecule has 1 saturated heterocycles. The van der Waals surface area contributed by atoms with Crippen LogP contribution in [0.2, 0.25) is 0 Å². The lowest BCUT2D eigenvalue weighted by Crippen LogP contribution is -2.38. The van der Waals surface area contributed by atoms with Gasteiger partial charge in [-0.15, -0.1) is 0 Å². The Labute approximate surface area is 99.9 Å². The van der Waals surface area contributed by atoms with E-state index in [2.05, 4.69) is 5.32 Å². The Balaban J connectivity index is 1.73. The van der Waals surface area contributed by atoms with Crippen molar-refractivity contribution in [3.63, 3.8) is 0 Å². The predicted octanol–water partition coefficient (Wildman–Crippen LogP) is 0.553. The second kappa shape index (κ2) is 5.54. The summed E-state index contributed by atoms with van der Waals surface area (Å²) in [4.78, 5) is 11.5. The average Bonchev–Trinajstić information content (AvgIpc) is 2.81. The van der Waals surface area contributed by atoms with Crippen molar-refractivity contribution in [1.82, 2.24) is 5.32 Å². The fraction of sp³-hybridized carbons (Fsp3) is 0.417. The quantitative estimate of drug-likeness (QED) is 0.749. The summed E-state index contributed by atoms with van der Waals surface area (Å²) in [6.07, 6.45) is 0.869. The molecule has 2 rings (SSSR count). The molecule has 1 aromatic rings. The lowest BCUT2D eigenvalue weighted by molar-refractivity contribution is -0.123. The molecule has 1 aromatic carbocycles. The molecule has 92 valence electrons. The molecule has 1 unspecified atom stereocenters. The van der Waals surface area contributed by atoms with Crippen LogP contribution in [0.15, 0.2) is 24.3 Å². The molecule has 3 N–H and O–H groups in total. The molecule has 1 amide bonds. The number of nitrogens with one attached hydrogen (secondary N) is 1. The Morgan fingerprint density at radius 1 is 1.47 bits per heavy atom. The monoisotopic (exact) mass is 236 g/mol. The second-order valence-electron chi connectivity index (χ2n) is 3.99. The van der Waals surface area contributed by atoms with Gasteiger partial charge in [0.05, 0.1) is 12.6 Å². The highest BCUT2D eigenvalue weighted by molar-refractivity contribution is 5.77. The first-order valence-electron chi connectivity index (χ1n) is 5.59. The van der Waals surface area contributed by atoms with Crippen LogP contribution in [-0.2, 0) is 9.53 Å². The van der Waals surface area contributed by atoms with Crippen molar-refractivity contribution in [2.24, 2.45) is 0 Å². The minimum Gasteiger partial charge on any atom is -0.484 e. The van der Waals surface area contributed by atoms with Crippen LogP contribution in [0.5, 0.6) is 5.75 Å². The largest absolute Gasteiger partial charge is 0.484 e. The van der Waals surface area contributed by atoms with E-state index in [1.807, 2.05) is 0 Å². The third-order valence-electron chi connectivity index (χ3n) is 2.54. The van der Waals surface area contributed by atoms with Gasteiger partial charge in [0.1, 0.15) is 5.75 Å². The molecule has 0 bridgehead atoms. The maximum Gasteiger partial charge on any atom is 0.258 e. The SMILES string of the molecule is Nc1ccc(OCC(=O)NC2CCOC2)cc1. The molecule has 0 radical (unpaired) electrons. The zero-order valence-corrected chi connectivity index (χ0v) is 9.52. The lowest BCUT2D eigenvalue weighted by Gasteiger charge is -2.11. The predicted molar refractivity (Wildman–Crippen MR) is 63.7 cm³/mol. The van der Waals surface area contributed by atoms with Crippen LogP contribution in [0.4, 0.5) is 5.69 Å². The molecule has 1 aliphatic heterocycles. The summed E-state index contributed by atoms with van der Waals surface area (Å²) in [5.74, 6) is 0.509. The van der Waals surface area contributed by atoms with E-state index < -0.39 is 0 Å². The average molecular weight is 236 g/mol. The molecule has 5 nitrogen and oxygen atoms in total. The molecular weight excluding hydrogens is 220 g/mol. The molecule has 1 heterocycles. The van der Waals surface area contributed by atoms with Gasteiger partial charge in [-0.2, -0.15) is 0 Å². The van der Waals surface area contributed by atoms with Gasteiger partial charge in [0.2, 0.25) is 0 Å². The van der Waals surface area contributed by atoms with Gasteiger partial charge in [0.25, 0.3) is 5.91 Å². The van der Waals surface area contributed by atoms with E-state index >= 15 is 0 Å². The number of carbonyl (C=O) groups is 1. The lowest BCUT2D eigenvalue weighted by atomic mass is 10.2. The van der Waals surface area contributed by atoms with E-state index in [1.54, 1.807) is 24.3 Å². The van der Waals surface area contributed by atoms with E-state index in [0.717, 1.165) is 6.42 Å². The third kappa shape index (κ3) is 3.64. The summed E-state index contributed by atoms with van der Waals surface area (Å²) in [6, 6.07) is 7.07.